The Bertz CT molecular complexity index is 224. The van der Waals surface area contributed by atoms with Gasteiger partial charge in [0.05, 0.1) is 18.2 Å². The van der Waals surface area contributed by atoms with Gasteiger partial charge in [0, 0.05) is 6.61 Å². The molecule has 1 N–H and O–H groups in total. The predicted octanol–water partition coefficient (Wildman–Crippen LogP) is 2.47. The Kier molecular flexibility index (Phi) is 6.44. The van der Waals surface area contributed by atoms with Gasteiger partial charge in [-0.15, -0.1) is 0 Å². The Morgan fingerprint density at radius 3 is 2.94 bits per heavy atom. The number of hydrogen-bond acceptors (Lipinski definition) is 3. The fraction of sp³-hybridized carbons (Fsp3) is 0.923. The molecule has 0 bridgehead atoms. The van der Waals surface area contributed by atoms with Crippen molar-refractivity contribution in [2.24, 2.45) is 5.92 Å². The number of nitriles is 1. The Balaban J connectivity index is 2.12. The minimum absolute atomic E-state index is 0.0500. The lowest BCUT2D eigenvalue weighted by Crippen LogP contribution is -2.30. The topological polar surface area (TPSA) is 45.0 Å². The van der Waals surface area contributed by atoms with Crippen molar-refractivity contribution in [2.75, 3.05) is 13.2 Å². The van der Waals surface area contributed by atoms with E-state index in [2.05, 4.69) is 18.3 Å². The first-order valence-corrected chi connectivity index (χ1v) is 6.50. The maximum atomic E-state index is 8.87. The van der Waals surface area contributed by atoms with Crippen LogP contribution in [0.5, 0.6) is 0 Å². The van der Waals surface area contributed by atoms with Gasteiger partial charge in [0.15, 0.2) is 0 Å². The highest BCUT2D eigenvalue weighted by Crippen LogP contribution is 2.25. The van der Waals surface area contributed by atoms with Crippen molar-refractivity contribution in [1.29, 1.82) is 5.26 Å². The first kappa shape index (κ1) is 13.5. The Labute approximate surface area is 99.2 Å². The molecule has 0 radical (unpaired) electrons. The summed E-state index contributed by atoms with van der Waals surface area (Å²) in [6.07, 6.45) is 6.26. The van der Waals surface area contributed by atoms with E-state index in [1.807, 2.05) is 6.92 Å². The second kappa shape index (κ2) is 7.65. The molecule has 0 spiro atoms. The van der Waals surface area contributed by atoms with Crippen LogP contribution in [-0.2, 0) is 4.74 Å². The standard InChI is InChI=1S/C13H24N2O/c1-3-15-12(10-14)7-8-16-13-6-4-5-11(2)9-13/h11-13,15H,3-9H2,1-2H3. The van der Waals surface area contributed by atoms with Gasteiger partial charge in [-0.2, -0.15) is 5.26 Å². The molecule has 1 rings (SSSR count). The molecule has 16 heavy (non-hydrogen) atoms. The zero-order valence-electron chi connectivity index (χ0n) is 10.5. The summed E-state index contributed by atoms with van der Waals surface area (Å²) < 4.78 is 5.84. The monoisotopic (exact) mass is 224 g/mol. The number of nitrogens with one attached hydrogen (secondary N) is 1. The molecule has 0 aromatic heterocycles. The van der Waals surface area contributed by atoms with Gasteiger partial charge in [-0.1, -0.05) is 26.7 Å². The summed E-state index contributed by atoms with van der Waals surface area (Å²) in [5, 5.41) is 12.0. The van der Waals surface area contributed by atoms with Crippen LogP contribution in [-0.4, -0.2) is 25.3 Å². The molecule has 3 nitrogen and oxygen atoms in total. The Hall–Kier alpha value is -0.590. The van der Waals surface area contributed by atoms with E-state index in [4.69, 9.17) is 10.00 Å². The van der Waals surface area contributed by atoms with Crippen LogP contribution in [0.1, 0.15) is 46.0 Å². The maximum Gasteiger partial charge on any atom is 0.0974 e. The molecule has 0 amide bonds. The SMILES string of the molecule is CCNC(C#N)CCOC1CCCC(C)C1. The van der Waals surface area contributed by atoms with E-state index in [9.17, 15) is 0 Å². The number of ether oxygens (including phenoxy) is 1. The summed E-state index contributed by atoms with van der Waals surface area (Å²) in [5.41, 5.74) is 0. The van der Waals surface area contributed by atoms with Crippen molar-refractivity contribution in [3.63, 3.8) is 0 Å². The summed E-state index contributed by atoms with van der Waals surface area (Å²) in [6.45, 7) is 5.88. The van der Waals surface area contributed by atoms with Crippen molar-refractivity contribution < 1.29 is 4.74 Å². The smallest absolute Gasteiger partial charge is 0.0974 e. The molecule has 1 fully saturated rings. The molecule has 3 heteroatoms. The molecule has 0 aliphatic heterocycles. The normalized spacial score (nSPS) is 27.3. The zero-order valence-corrected chi connectivity index (χ0v) is 10.5. The summed E-state index contributed by atoms with van der Waals surface area (Å²) in [6, 6.07) is 2.21. The van der Waals surface area contributed by atoms with Gasteiger partial charge in [0.25, 0.3) is 0 Å². The molecule has 0 aromatic rings. The van der Waals surface area contributed by atoms with Gasteiger partial charge >= 0.3 is 0 Å². The fourth-order valence-corrected chi connectivity index (χ4v) is 2.34. The molecular formula is C13H24N2O. The van der Waals surface area contributed by atoms with Crippen molar-refractivity contribution in [3.05, 3.63) is 0 Å². The average molecular weight is 224 g/mol. The van der Waals surface area contributed by atoms with Crippen molar-refractivity contribution in [2.45, 2.75) is 58.1 Å². The van der Waals surface area contributed by atoms with Crippen LogP contribution < -0.4 is 5.32 Å². The lowest BCUT2D eigenvalue weighted by atomic mass is 9.89. The second-order valence-electron chi connectivity index (χ2n) is 4.79. The maximum absolute atomic E-state index is 8.87. The van der Waals surface area contributed by atoms with E-state index in [0.717, 1.165) is 18.9 Å². The first-order valence-electron chi connectivity index (χ1n) is 6.50. The van der Waals surface area contributed by atoms with Gasteiger partial charge in [0.2, 0.25) is 0 Å². The summed E-state index contributed by atoms with van der Waals surface area (Å²) in [5.74, 6) is 0.805. The van der Waals surface area contributed by atoms with Gasteiger partial charge in [-0.3, -0.25) is 0 Å². The highest BCUT2D eigenvalue weighted by molar-refractivity contribution is 4.89. The molecule has 3 unspecified atom stereocenters. The van der Waals surface area contributed by atoms with E-state index in [1.165, 1.54) is 25.7 Å². The molecule has 1 saturated carbocycles. The fourth-order valence-electron chi connectivity index (χ4n) is 2.34. The van der Waals surface area contributed by atoms with E-state index < -0.39 is 0 Å². The average Bonchev–Trinajstić information content (AvgIpc) is 2.28. The van der Waals surface area contributed by atoms with Gasteiger partial charge in [-0.05, 0) is 31.7 Å². The largest absolute Gasteiger partial charge is 0.378 e. The van der Waals surface area contributed by atoms with E-state index >= 15 is 0 Å². The summed E-state index contributed by atoms with van der Waals surface area (Å²) in [7, 11) is 0. The number of rotatable bonds is 6. The van der Waals surface area contributed by atoms with E-state index in [0.29, 0.717) is 12.7 Å². The highest BCUT2D eigenvalue weighted by atomic mass is 16.5. The Morgan fingerprint density at radius 2 is 2.31 bits per heavy atom. The van der Waals surface area contributed by atoms with Crippen LogP contribution in [0.2, 0.25) is 0 Å². The molecule has 0 heterocycles. The van der Waals surface area contributed by atoms with Gasteiger partial charge in [0.1, 0.15) is 0 Å². The molecule has 3 atom stereocenters. The van der Waals surface area contributed by atoms with Gasteiger partial charge in [-0.25, -0.2) is 0 Å². The van der Waals surface area contributed by atoms with Crippen LogP contribution in [0.25, 0.3) is 0 Å². The highest BCUT2D eigenvalue weighted by Gasteiger charge is 2.19. The molecule has 92 valence electrons. The third-order valence-electron chi connectivity index (χ3n) is 3.25. The summed E-state index contributed by atoms with van der Waals surface area (Å²) >= 11 is 0. The number of hydrogen-bond donors (Lipinski definition) is 1. The molecule has 1 aliphatic rings. The van der Waals surface area contributed by atoms with Crippen molar-refractivity contribution in [3.8, 4) is 6.07 Å². The molecule has 1 aliphatic carbocycles. The predicted molar refractivity (Wildman–Crippen MR) is 65.1 cm³/mol. The third-order valence-corrected chi connectivity index (χ3v) is 3.25. The Morgan fingerprint density at radius 1 is 1.50 bits per heavy atom. The minimum Gasteiger partial charge on any atom is -0.378 e. The molecular weight excluding hydrogens is 200 g/mol. The zero-order chi connectivity index (χ0) is 11.8. The second-order valence-corrected chi connectivity index (χ2v) is 4.79. The summed E-state index contributed by atoms with van der Waals surface area (Å²) in [4.78, 5) is 0. The molecule has 0 aromatic carbocycles. The number of nitrogens with zero attached hydrogens (tertiary/aromatic N) is 1. The molecule has 0 saturated heterocycles. The van der Waals surface area contributed by atoms with Crippen LogP contribution >= 0.6 is 0 Å². The minimum atomic E-state index is -0.0500. The van der Waals surface area contributed by atoms with E-state index in [-0.39, 0.29) is 6.04 Å². The lowest BCUT2D eigenvalue weighted by molar-refractivity contribution is 0.0129. The quantitative estimate of drug-likeness (QED) is 0.754. The van der Waals surface area contributed by atoms with Crippen molar-refractivity contribution >= 4 is 0 Å². The first-order chi connectivity index (χ1) is 7.76. The third kappa shape index (κ3) is 4.96. The van der Waals surface area contributed by atoms with Crippen LogP contribution in [0, 0.1) is 17.2 Å². The van der Waals surface area contributed by atoms with Crippen molar-refractivity contribution in [1.82, 2.24) is 5.32 Å². The van der Waals surface area contributed by atoms with Crippen LogP contribution in [0.4, 0.5) is 0 Å². The van der Waals surface area contributed by atoms with E-state index in [1.54, 1.807) is 0 Å². The van der Waals surface area contributed by atoms with Gasteiger partial charge < -0.3 is 10.1 Å². The van der Waals surface area contributed by atoms with Crippen LogP contribution in [0.15, 0.2) is 0 Å². The lowest BCUT2D eigenvalue weighted by Gasteiger charge is -2.27. The van der Waals surface area contributed by atoms with Crippen LogP contribution in [0.3, 0.4) is 0 Å².